The van der Waals surface area contributed by atoms with Crippen LogP contribution >= 0.6 is 11.8 Å². The first-order valence-corrected chi connectivity index (χ1v) is 10.5. The van der Waals surface area contributed by atoms with Crippen LogP contribution in [0.15, 0.2) is 77.2 Å². The quantitative estimate of drug-likeness (QED) is 0.211. The highest BCUT2D eigenvalue weighted by molar-refractivity contribution is 7.99. The number of nitrogens with one attached hydrogen (secondary N) is 2. The molecule has 0 saturated carbocycles. The van der Waals surface area contributed by atoms with Crippen molar-refractivity contribution in [2.24, 2.45) is 5.10 Å². The maximum atomic E-state index is 12.0. The molecule has 0 saturated heterocycles. The van der Waals surface area contributed by atoms with Crippen molar-refractivity contribution in [2.45, 2.75) is 5.16 Å². The molecule has 0 fully saturated rings. The molecule has 3 rings (SSSR count). The number of anilines is 1. The lowest BCUT2D eigenvalue weighted by Gasteiger charge is -2.08. The fourth-order valence-corrected chi connectivity index (χ4v) is 2.97. The van der Waals surface area contributed by atoms with E-state index in [4.69, 9.17) is 9.47 Å². The fourth-order valence-electron chi connectivity index (χ4n) is 2.37. The normalized spacial score (nSPS) is 10.5. The number of hydrogen-bond donors (Lipinski definition) is 2. The maximum Gasteiger partial charge on any atom is 0.262 e. The highest BCUT2D eigenvalue weighted by Crippen LogP contribution is 2.15. The topological polar surface area (TPSA) is 115 Å². The molecule has 0 unspecified atom stereocenters. The molecule has 9 nitrogen and oxygen atoms in total. The molecule has 0 bridgehead atoms. The zero-order chi connectivity index (χ0) is 22.6. The Morgan fingerprint density at radius 2 is 1.69 bits per heavy atom. The van der Waals surface area contributed by atoms with Crippen molar-refractivity contribution >= 4 is 35.5 Å². The van der Waals surface area contributed by atoms with Crippen LogP contribution in [0.1, 0.15) is 5.56 Å². The van der Waals surface area contributed by atoms with Gasteiger partial charge in [-0.2, -0.15) is 5.10 Å². The third-order valence-electron chi connectivity index (χ3n) is 3.90. The lowest BCUT2D eigenvalue weighted by molar-refractivity contribution is -0.119. The van der Waals surface area contributed by atoms with Gasteiger partial charge in [0.2, 0.25) is 0 Å². The summed E-state index contributed by atoms with van der Waals surface area (Å²) in [5, 5.41) is 7.20. The number of nitrogens with zero attached hydrogens (tertiary/aromatic N) is 3. The van der Waals surface area contributed by atoms with E-state index in [1.54, 1.807) is 74.1 Å². The van der Waals surface area contributed by atoms with Crippen LogP contribution in [0.4, 0.5) is 5.69 Å². The summed E-state index contributed by atoms with van der Waals surface area (Å²) in [6.07, 6.45) is 4.75. The van der Waals surface area contributed by atoms with Crippen LogP contribution in [0.3, 0.4) is 0 Å². The number of benzene rings is 2. The third-order valence-corrected chi connectivity index (χ3v) is 4.78. The zero-order valence-corrected chi connectivity index (χ0v) is 18.0. The first-order chi connectivity index (χ1) is 15.6. The van der Waals surface area contributed by atoms with E-state index >= 15 is 0 Å². The Morgan fingerprint density at radius 3 is 2.38 bits per heavy atom. The van der Waals surface area contributed by atoms with Crippen LogP contribution in [0.2, 0.25) is 0 Å². The molecule has 0 aliphatic carbocycles. The summed E-state index contributed by atoms with van der Waals surface area (Å²) in [7, 11) is 1.58. The van der Waals surface area contributed by atoms with Crippen molar-refractivity contribution in [1.29, 1.82) is 0 Å². The molecule has 3 aromatic rings. The molecule has 0 spiro atoms. The Labute approximate surface area is 189 Å². The second kappa shape index (κ2) is 12.1. The Hall–Kier alpha value is -3.92. The molecule has 0 aliphatic rings. The third kappa shape index (κ3) is 7.73. The summed E-state index contributed by atoms with van der Waals surface area (Å²) < 4.78 is 10.6. The molecule has 2 aromatic carbocycles. The number of amides is 2. The monoisotopic (exact) mass is 451 g/mol. The van der Waals surface area contributed by atoms with Crippen molar-refractivity contribution in [3.8, 4) is 11.5 Å². The maximum absolute atomic E-state index is 12.0. The van der Waals surface area contributed by atoms with Gasteiger partial charge in [0, 0.05) is 18.1 Å². The number of rotatable bonds is 10. The summed E-state index contributed by atoms with van der Waals surface area (Å²) in [6, 6.07) is 15.7. The Balaban J connectivity index is 1.38. The minimum atomic E-state index is -0.276. The Morgan fingerprint density at radius 1 is 1.00 bits per heavy atom. The summed E-state index contributed by atoms with van der Waals surface area (Å²) in [6.45, 7) is -0.127. The van der Waals surface area contributed by atoms with Crippen LogP contribution in [-0.2, 0) is 9.59 Å². The van der Waals surface area contributed by atoms with E-state index in [0.29, 0.717) is 22.3 Å². The zero-order valence-electron chi connectivity index (χ0n) is 17.2. The summed E-state index contributed by atoms with van der Waals surface area (Å²) in [4.78, 5) is 31.9. The van der Waals surface area contributed by atoms with Gasteiger partial charge in [0.1, 0.15) is 11.5 Å². The lowest BCUT2D eigenvalue weighted by atomic mass is 10.2. The minimum Gasteiger partial charge on any atom is -0.497 e. The van der Waals surface area contributed by atoms with E-state index in [2.05, 4.69) is 25.8 Å². The average Bonchev–Trinajstić information content (AvgIpc) is 2.83. The van der Waals surface area contributed by atoms with Crippen LogP contribution in [0.25, 0.3) is 0 Å². The van der Waals surface area contributed by atoms with Gasteiger partial charge in [0.05, 0.1) is 19.1 Å². The SMILES string of the molecule is COc1ccc(NC(=O)COc2ccc(/C=N\NC(=O)CSc3ncccn3)cc2)cc1. The van der Waals surface area contributed by atoms with Gasteiger partial charge in [-0.1, -0.05) is 11.8 Å². The number of carbonyl (C=O) groups excluding carboxylic acids is 2. The van der Waals surface area contributed by atoms with E-state index < -0.39 is 0 Å². The number of hydrazone groups is 1. The molecular weight excluding hydrogens is 430 g/mol. The first-order valence-electron chi connectivity index (χ1n) is 9.51. The molecule has 0 atom stereocenters. The first kappa shape index (κ1) is 22.8. The Bertz CT molecular complexity index is 1040. The van der Waals surface area contributed by atoms with Gasteiger partial charge in [-0.05, 0) is 60.2 Å². The standard InChI is InChI=1S/C22H21N5O4S/c1-30-18-9-5-17(6-10-18)26-20(28)14-31-19-7-3-16(4-8-19)13-25-27-21(29)15-32-22-23-11-2-12-24-22/h2-13H,14-15H2,1H3,(H,26,28)(H,27,29)/b25-13-. The van der Waals surface area contributed by atoms with Crippen LogP contribution in [-0.4, -0.2) is 47.5 Å². The smallest absolute Gasteiger partial charge is 0.262 e. The summed E-state index contributed by atoms with van der Waals surface area (Å²) in [5.74, 6) is 0.870. The van der Waals surface area contributed by atoms with Crippen molar-refractivity contribution < 1.29 is 19.1 Å². The van der Waals surface area contributed by atoms with Gasteiger partial charge in [-0.3, -0.25) is 9.59 Å². The summed E-state index contributed by atoms with van der Waals surface area (Å²) >= 11 is 1.22. The average molecular weight is 452 g/mol. The highest BCUT2D eigenvalue weighted by Gasteiger charge is 2.05. The fraction of sp³-hybridized carbons (Fsp3) is 0.136. The van der Waals surface area contributed by atoms with Gasteiger partial charge in [-0.25, -0.2) is 15.4 Å². The summed E-state index contributed by atoms with van der Waals surface area (Å²) in [5.41, 5.74) is 3.87. The van der Waals surface area contributed by atoms with Crippen LogP contribution in [0.5, 0.6) is 11.5 Å². The number of methoxy groups -OCH3 is 1. The molecule has 0 radical (unpaired) electrons. The Kier molecular flexibility index (Phi) is 8.58. The van der Waals surface area contributed by atoms with Crippen LogP contribution in [0, 0.1) is 0 Å². The van der Waals surface area contributed by atoms with Crippen LogP contribution < -0.4 is 20.2 Å². The molecule has 2 amide bonds. The van der Waals surface area contributed by atoms with E-state index in [0.717, 1.165) is 5.56 Å². The molecule has 2 N–H and O–H groups in total. The number of ether oxygens (including phenoxy) is 2. The molecule has 1 heterocycles. The van der Waals surface area contributed by atoms with Gasteiger partial charge in [0.15, 0.2) is 11.8 Å². The number of aromatic nitrogens is 2. The van der Waals surface area contributed by atoms with E-state index in [1.807, 2.05) is 0 Å². The van der Waals surface area contributed by atoms with Crippen molar-refractivity contribution in [3.63, 3.8) is 0 Å². The predicted molar refractivity (Wildman–Crippen MR) is 122 cm³/mol. The molecule has 0 aliphatic heterocycles. The second-order valence-electron chi connectivity index (χ2n) is 6.25. The number of thioether (sulfide) groups is 1. The van der Waals surface area contributed by atoms with Crippen molar-refractivity contribution in [3.05, 3.63) is 72.6 Å². The minimum absolute atomic E-state index is 0.127. The molecule has 32 heavy (non-hydrogen) atoms. The second-order valence-corrected chi connectivity index (χ2v) is 7.19. The molecule has 10 heteroatoms. The van der Waals surface area contributed by atoms with E-state index in [1.165, 1.54) is 18.0 Å². The van der Waals surface area contributed by atoms with Gasteiger partial charge >= 0.3 is 0 Å². The van der Waals surface area contributed by atoms with Gasteiger partial charge in [-0.15, -0.1) is 0 Å². The largest absolute Gasteiger partial charge is 0.497 e. The van der Waals surface area contributed by atoms with E-state index in [-0.39, 0.29) is 24.2 Å². The van der Waals surface area contributed by atoms with Gasteiger partial charge < -0.3 is 14.8 Å². The van der Waals surface area contributed by atoms with Crippen molar-refractivity contribution in [2.75, 3.05) is 24.8 Å². The van der Waals surface area contributed by atoms with Gasteiger partial charge in [0.25, 0.3) is 11.8 Å². The molecule has 1 aromatic heterocycles. The number of carbonyl (C=O) groups is 2. The highest BCUT2D eigenvalue weighted by atomic mass is 32.2. The molecular formula is C22H21N5O4S. The molecule has 164 valence electrons. The van der Waals surface area contributed by atoms with E-state index in [9.17, 15) is 9.59 Å². The predicted octanol–water partition coefficient (Wildman–Crippen LogP) is 2.75. The lowest BCUT2D eigenvalue weighted by Crippen LogP contribution is -2.20. The van der Waals surface area contributed by atoms with Crippen molar-refractivity contribution in [1.82, 2.24) is 15.4 Å². The number of hydrogen-bond acceptors (Lipinski definition) is 8.